The molecule has 1 atom stereocenters. The number of benzene rings is 2. The van der Waals surface area contributed by atoms with Crippen molar-refractivity contribution in [3.05, 3.63) is 74.8 Å². The molecule has 0 heterocycles. The fraction of sp³-hybridized carbons (Fsp3) is 0.125. The van der Waals surface area contributed by atoms with Crippen LogP contribution < -0.4 is 0 Å². The number of ether oxygens (including phenoxy) is 1. The number of nitrogens with zero attached hydrogens (tertiary/aromatic N) is 2. The van der Waals surface area contributed by atoms with Crippen LogP contribution in [0.3, 0.4) is 0 Å². The van der Waals surface area contributed by atoms with Crippen LogP contribution in [0.15, 0.2) is 48.5 Å². The SMILES string of the molecule is N#CC[C@@H](OC(=O)c1ccc([N+](=O)[O-])cc1)c1cccc(Cl)c1. The van der Waals surface area contributed by atoms with E-state index in [1.165, 1.54) is 24.3 Å². The summed E-state index contributed by atoms with van der Waals surface area (Å²) in [6, 6.07) is 13.7. The zero-order valence-corrected chi connectivity index (χ0v) is 12.6. The Labute approximate surface area is 137 Å². The maximum Gasteiger partial charge on any atom is 0.338 e. The van der Waals surface area contributed by atoms with Crippen molar-refractivity contribution in [3.63, 3.8) is 0 Å². The van der Waals surface area contributed by atoms with Crippen LogP contribution in [-0.2, 0) is 4.74 Å². The van der Waals surface area contributed by atoms with Crippen molar-refractivity contribution in [2.75, 3.05) is 0 Å². The number of hydrogen-bond donors (Lipinski definition) is 0. The van der Waals surface area contributed by atoms with E-state index in [9.17, 15) is 14.9 Å². The van der Waals surface area contributed by atoms with E-state index < -0.39 is 17.0 Å². The molecule has 2 aromatic carbocycles. The largest absolute Gasteiger partial charge is 0.453 e. The summed E-state index contributed by atoms with van der Waals surface area (Å²) in [6.07, 6.45) is -0.791. The maximum atomic E-state index is 12.1. The average molecular weight is 331 g/mol. The standard InChI is InChI=1S/C16H11ClN2O4/c17-13-3-1-2-12(10-13)15(8-9-18)23-16(20)11-4-6-14(7-5-11)19(21)22/h1-7,10,15H,8H2/t15-/m1/s1. The Morgan fingerprint density at radius 1 is 1.30 bits per heavy atom. The van der Waals surface area contributed by atoms with E-state index in [-0.39, 0.29) is 17.7 Å². The van der Waals surface area contributed by atoms with E-state index in [2.05, 4.69) is 0 Å². The highest BCUT2D eigenvalue weighted by Gasteiger charge is 2.19. The number of hydrogen-bond acceptors (Lipinski definition) is 5. The third-order valence-electron chi connectivity index (χ3n) is 3.06. The van der Waals surface area contributed by atoms with Gasteiger partial charge < -0.3 is 4.74 Å². The summed E-state index contributed by atoms with van der Waals surface area (Å²) in [4.78, 5) is 22.2. The second-order valence-electron chi connectivity index (χ2n) is 4.62. The van der Waals surface area contributed by atoms with Gasteiger partial charge in [0.15, 0.2) is 0 Å². The summed E-state index contributed by atoms with van der Waals surface area (Å²) in [7, 11) is 0. The van der Waals surface area contributed by atoms with E-state index in [1.54, 1.807) is 24.3 Å². The lowest BCUT2D eigenvalue weighted by molar-refractivity contribution is -0.384. The zero-order valence-electron chi connectivity index (χ0n) is 11.8. The van der Waals surface area contributed by atoms with Gasteiger partial charge >= 0.3 is 5.97 Å². The molecule has 0 aromatic heterocycles. The molecular weight excluding hydrogens is 320 g/mol. The number of halogens is 1. The zero-order chi connectivity index (χ0) is 16.8. The number of esters is 1. The second kappa shape index (κ2) is 7.38. The van der Waals surface area contributed by atoms with Crippen LogP contribution in [0.25, 0.3) is 0 Å². The Balaban J connectivity index is 2.18. The van der Waals surface area contributed by atoms with Gasteiger partial charge in [-0.15, -0.1) is 0 Å². The molecule has 0 fully saturated rings. The minimum Gasteiger partial charge on any atom is -0.453 e. The molecule has 0 amide bonds. The molecule has 0 bridgehead atoms. The van der Waals surface area contributed by atoms with Gasteiger partial charge in [-0.3, -0.25) is 10.1 Å². The molecule has 0 radical (unpaired) electrons. The molecule has 23 heavy (non-hydrogen) atoms. The third kappa shape index (κ3) is 4.28. The highest BCUT2D eigenvalue weighted by Crippen LogP contribution is 2.25. The number of nitriles is 1. The Bertz CT molecular complexity index is 768. The van der Waals surface area contributed by atoms with E-state index >= 15 is 0 Å². The second-order valence-corrected chi connectivity index (χ2v) is 5.05. The molecule has 0 N–H and O–H groups in total. The van der Waals surface area contributed by atoms with Crippen molar-refractivity contribution in [1.82, 2.24) is 0 Å². The monoisotopic (exact) mass is 330 g/mol. The Morgan fingerprint density at radius 2 is 2.00 bits per heavy atom. The summed E-state index contributed by atoms with van der Waals surface area (Å²) < 4.78 is 5.33. The molecule has 116 valence electrons. The first-order valence-electron chi connectivity index (χ1n) is 6.59. The molecule has 0 unspecified atom stereocenters. The number of carbonyl (C=O) groups excluding carboxylic acids is 1. The lowest BCUT2D eigenvalue weighted by atomic mass is 10.1. The summed E-state index contributed by atoms with van der Waals surface area (Å²) in [5.41, 5.74) is 0.653. The van der Waals surface area contributed by atoms with E-state index in [0.29, 0.717) is 10.6 Å². The minimum atomic E-state index is -0.763. The van der Waals surface area contributed by atoms with Gasteiger partial charge in [0, 0.05) is 17.2 Å². The predicted molar refractivity (Wildman–Crippen MR) is 82.9 cm³/mol. The number of carbonyl (C=O) groups is 1. The molecular formula is C16H11ClN2O4. The lowest BCUT2D eigenvalue weighted by Crippen LogP contribution is -2.11. The molecule has 2 aromatic rings. The quantitative estimate of drug-likeness (QED) is 0.468. The third-order valence-corrected chi connectivity index (χ3v) is 3.30. The van der Waals surface area contributed by atoms with Crippen LogP contribution in [0.2, 0.25) is 5.02 Å². The van der Waals surface area contributed by atoms with E-state index in [4.69, 9.17) is 21.6 Å². The molecule has 0 spiro atoms. The predicted octanol–water partition coefficient (Wildman–Crippen LogP) is 4.06. The van der Waals surface area contributed by atoms with Crippen molar-refractivity contribution in [3.8, 4) is 6.07 Å². The number of nitro groups is 1. The lowest BCUT2D eigenvalue weighted by Gasteiger charge is -2.15. The van der Waals surface area contributed by atoms with Gasteiger partial charge in [0.2, 0.25) is 0 Å². The topological polar surface area (TPSA) is 93.2 Å². The van der Waals surface area contributed by atoms with Gasteiger partial charge in [-0.1, -0.05) is 23.7 Å². The minimum absolute atomic E-state index is 0.0287. The normalized spacial score (nSPS) is 11.3. The van der Waals surface area contributed by atoms with Crippen LogP contribution in [-0.4, -0.2) is 10.9 Å². The van der Waals surface area contributed by atoms with Crippen LogP contribution in [0.4, 0.5) is 5.69 Å². The first-order chi connectivity index (χ1) is 11.0. The van der Waals surface area contributed by atoms with Crippen molar-refractivity contribution >= 4 is 23.3 Å². The molecule has 0 saturated heterocycles. The van der Waals surface area contributed by atoms with Gasteiger partial charge in [-0.25, -0.2) is 4.79 Å². The molecule has 2 rings (SSSR count). The smallest absolute Gasteiger partial charge is 0.338 e. The Hall–Kier alpha value is -2.91. The molecule has 0 aliphatic heterocycles. The van der Waals surface area contributed by atoms with Crippen molar-refractivity contribution < 1.29 is 14.5 Å². The summed E-state index contributed by atoms with van der Waals surface area (Å²) in [6.45, 7) is 0. The molecule has 7 heteroatoms. The van der Waals surface area contributed by atoms with Crippen molar-refractivity contribution in [2.24, 2.45) is 0 Å². The maximum absolute atomic E-state index is 12.1. The molecule has 0 aliphatic rings. The van der Waals surface area contributed by atoms with Gasteiger partial charge in [0.05, 0.1) is 23.0 Å². The average Bonchev–Trinajstić information content (AvgIpc) is 2.54. The summed E-state index contributed by atoms with van der Waals surface area (Å²) >= 11 is 5.90. The van der Waals surface area contributed by atoms with Crippen molar-refractivity contribution in [2.45, 2.75) is 12.5 Å². The Morgan fingerprint density at radius 3 is 2.57 bits per heavy atom. The number of nitro benzene ring substituents is 1. The van der Waals surface area contributed by atoms with E-state index in [0.717, 1.165) is 0 Å². The highest BCUT2D eigenvalue weighted by atomic mass is 35.5. The van der Waals surface area contributed by atoms with Crippen molar-refractivity contribution in [1.29, 1.82) is 5.26 Å². The fourth-order valence-corrected chi connectivity index (χ4v) is 2.13. The molecule has 6 nitrogen and oxygen atoms in total. The van der Waals surface area contributed by atoms with Gasteiger partial charge in [-0.2, -0.15) is 5.26 Å². The fourth-order valence-electron chi connectivity index (χ4n) is 1.93. The first kappa shape index (κ1) is 16.5. The highest BCUT2D eigenvalue weighted by molar-refractivity contribution is 6.30. The number of non-ortho nitro benzene ring substituents is 1. The summed E-state index contributed by atoms with van der Waals surface area (Å²) in [5, 5.41) is 20.0. The van der Waals surface area contributed by atoms with Gasteiger partial charge in [0.1, 0.15) is 6.10 Å². The van der Waals surface area contributed by atoms with Crippen LogP contribution in [0, 0.1) is 21.4 Å². The molecule has 0 aliphatic carbocycles. The van der Waals surface area contributed by atoms with Gasteiger partial charge in [-0.05, 0) is 29.8 Å². The number of rotatable bonds is 5. The van der Waals surface area contributed by atoms with Gasteiger partial charge in [0.25, 0.3) is 5.69 Å². The Kier molecular flexibility index (Phi) is 5.28. The van der Waals surface area contributed by atoms with Crippen LogP contribution in [0.1, 0.15) is 28.4 Å². The van der Waals surface area contributed by atoms with Crippen LogP contribution >= 0.6 is 11.6 Å². The molecule has 0 saturated carbocycles. The van der Waals surface area contributed by atoms with Crippen LogP contribution in [0.5, 0.6) is 0 Å². The first-order valence-corrected chi connectivity index (χ1v) is 6.97. The van der Waals surface area contributed by atoms with E-state index in [1.807, 2.05) is 6.07 Å². The summed E-state index contributed by atoms with van der Waals surface area (Å²) in [5.74, 6) is -0.667.